The molecule has 2 atom stereocenters. The molecule has 1 aliphatic heterocycles. The number of benzene rings is 3. The summed E-state index contributed by atoms with van der Waals surface area (Å²) in [4.78, 5) is 14.1. The summed E-state index contributed by atoms with van der Waals surface area (Å²) in [6.07, 6.45) is 4.18. The van der Waals surface area contributed by atoms with Crippen molar-refractivity contribution in [1.29, 1.82) is 0 Å². The standard InChI is InChI=1S/C35H42N4O2/c1-3-39-34(25-32(37-39)23-27-11-6-4-7-12-27)29-17-20-38(21-18-29)22-19-33(28-13-8-5-9-14-28)36-26(2)30-15-10-16-31(24-30)35(40)41/h4-16,24-26,29,33,36H,3,17-23H2,1-2H3,(H,40,41)/t26?,33-/m0/s1. The molecule has 0 aliphatic carbocycles. The Balaban J connectivity index is 1.19. The van der Waals surface area contributed by atoms with Crippen LogP contribution in [0.25, 0.3) is 0 Å². The van der Waals surface area contributed by atoms with Gasteiger partial charge < -0.3 is 15.3 Å². The van der Waals surface area contributed by atoms with E-state index in [2.05, 4.69) is 95.5 Å². The molecule has 2 heterocycles. The Morgan fingerprint density at radius 3 is 2.32 bits per heavy atom. The zero-order chi connectivity index (χ0) is 28.6. The van der Waals surface area contributed by atoms with E-state index < -0.39 is 5.97 Å². The average Bonchev–Trinajstić information content (AvgIpc) is 3.43. The van der Waals surface area contributed by atoms with E-state index in [0.717, 1.165) is 63.1 Å². The third kappa shape index (κ3) is 7.51. The van der Waals surface area contributed by atoms with E-state index in [0.29, 0.717) is 11.5 Å². The monoisotopic (exact) mass is 550 g/mol. The average molecular weight is 551 g/mol. The number of aromatic nitrogens is 2. The molecular formula is C35H42N4O2. The maximum atomic E-state index is 11.5. The second-order valence-corrected chi connectivity index (χ2v) is 11.2. The Morgan fingerprint density at radius 1 is 0.951 bits per heavy atom. The lowest BCUT2D eigenvalue weighted by atomic mass is 9.92. The van der Waals surface area contributed by atoms with Crippen LogP contribution in [0.3, 0.4) is 0 Å². The van der Waals surface area contributed by atoms with E-state index in [4.69, 9.17) is 5.10 Å². The number of nitrogens with zero attached hydrogens (tertiary/aromatic N) is 3. The van der Waals surface area contributed by atoms with Crippen LogP contribution in [0.2, 0.25) is 0 Å². The van der Waals surface area contributed by atoms with Gasteiger partial charge >= 0.3 is 5.97 Å². The lowest BCUT2D eigenvalue weighted by molar-refractivity contribution is 0.0696. The molecule has 1 fully saturated rings. The summed E-state index contributed by atoms with van der Waals surface area (Å²) in [7, 11) is 0. The number of nitrogens with one attached hydrogen (secondary N) is 1. The van der Waals surface area contributed by atoms with Crippen molar-refractivity contribution in [2.75, 3.05) is 19.6 Å². The minimum Gasteiger partial charge on any atom is -0.478 e. The van der Waals surface area contributed by atoms with Gasteiger partial charge in [0.15, 0.2) is 0 Å². The minimum absolute atomic E-state index is 0.0321. The molecule has 0 radical (unpaired) electrons. The van der Waals surface area contributed by atoms with E-state index in [1.54, 1.807) is 12.1 Å². The van der Waals surface area contributed by atoms with Crippen molar-refractivity contribution in [3.63, 3.8) is 0 Å². The number of piperidine rings is 1. The quantitative estimate of drug-likeness (QED) is 0.202. The molecule has 214 valence electrons. The summed E-state index contributed by atoms with van der Waals surface area (Å²) in [5.41, 5.74) is 6.44. The van der Waals surface area contributed by atoms with Gasteiger partial charge in [0.2, 0.25) is 0 Å². The zero-order valence-corrected chi connectivity index (χ0v) is 24.2. The van der Waals surface area contributed by atoms with Crippen LogP contribution < -0.4 is 5.32 Å². The largest absolute Gasteiger partial charge is 0.478 e. The van der Waals surface area contributed by atoms with Crippen molar-refractivity contribution in [1.82, 2.24) is 20.0 Å². The molecule has 41 heavy (non-hydrogen) atoms. The highest BCUT2D eigenvalue weighted by Crippen LogP contribution is 2.30. The number of rotatable bonds is 12. The van der Waals surface area contributed by atoms with Gasteiger partial charge in [-0.3, -0.25) is 4.68 Å². The van der Waals surface area contributed by atoms with Crippen molar-refractivity contribution in [3.05, 3.63) is 125 Å². The van der Waals surface area contributed by atoms with Gasteiger partial charge in [0.05, 0.1) is 11.3 Å². The van der Waals surface area contributed by atoms with Crippen LogP contribution in [0, 0.1) is 0 Å². The molecule has 1 unspecified atom stereocenters. The van der Waals surface area contributed by atoms with E-state index in [1.165, 1.54) is 16.8 Å². The molecule has 6 heteroatoms. The summed E-state index contributed by atoms with van der Waals surface area (Å²) < 4.78 is 2.22. The molecule has 1 saturated heterocycles. The normalized spacial score (nSPS) is 16.0. The molecular weight excluding hydrogens is 508 g/mol. The van der Waals surface area contributed by atoms with Crippen LogP contribution in [0.4, 0.5) is 0 Å². The van der Waals surface area contributed by atoms with Crippen molar-refractivity contribution in [3.8, 4) is 0 Å². The Labute approximate surface area is 244 Å². The predicted molar refractivity (Wildman–Crippen MR) is 164 cm³/mol. The Morgan fingerprint density at radius 2 is 1.63 bits per heavy atom. The van der Waals surface area contributed by atoms with Crippen molar-refractivity contribution < 1.29 is 9.90 Å². The molecule has 1 aliphatic rings. The molecule has 0 spiro atoms. The third-order valence-corrected chi connectivity index (χ3v) is 8.42. The predicted octanol–water partition coefficient (Wildman–Crippen LogP) is 6.85. The molecule has 1 aromatic heterocycles. The van der Waals surface area contributed by atoms with Crippen LogP contribution in [0.1, 0.15) is 89.5 Å². The summed E-state index contributed by atoms with van der Waals surface area (Å²) in [6.45, 7) is 8.41. The number of likely N-dealkylation sites (tertiary alicyclic amines) is 1. The van der Waals surface area contributed by atoms with E-state index >= 15 is 0 Å². The first-order valence-electron chi connectivity index (χ1n) is 15.0. The fourth-order valence-corrected chi connectivity index (χ4v) is 6.09. The second kappa shape index (κ2) is 13.7. The maximum Gasteiger partial charge on any atom is 0.335 e. The minimum atomic E-state index is -0.892. The van der Waals surface area contributed by atoms with Crippen LogP contribution in [0.15, 0.2) is 91.0 Å². The first-order chi connectivity index (χ1) is 20.0. The topological polar surface area (TPSA) is 70.4 Å². The molecule has 0 bridgehead atoms. The summed E-state index contributed by atoms with van der Waals surface area (Å²) in [6, 6.07) is 31.0. The van der Waals surface area contributed by atoms with Crippen LogP contribution >= 0.6 is 0 Å². The fraction of sp³-hybridized carbons (Fsp3) is 0.371. The SMILES string of the molecule is CCn1nc(Cc2ccccc2)cc1C1CCN(CC[C@H](NC(C)c2cccc(C(=O)O)c2)c2ccccc2)CC1. The molecule has 6 nitrogen and oxygen atoms in total. The molecule has 5 rings (SSSR count). The zero-order valence-electron chi connectivity index (χ0n) is 24.2. The number of hydrogen-bond donors (Lipinski definition) is 2. The molecule has 4 aromatic rings. The molecule has 0 saturated carbocycles. The first kappa shape index (κ1) is 28.8. The van der Waals surface area contributed by atoms with Gasteiger partial charge in [-0.25, -0.2) is 4.79 Å². The lowest BCUT2D eigenvalue weighted by Crippen LogP contribution is -2.36. The van der Waals surface area contributed by atoms with Gasteiger partial charge in [-0.1, -0.05) is 72.8 Å². The fourth-order valence-electron chi connectivity index (χ4n) is 6.09. The van der Waals surface area contributed by atoms with E-state index in [1.807, 2.05) is 12.1 Å². The number of aromatic carboxylic acids is 1. The highest BCUT2D eigenvalue weighted by molar-refractivity contribution is 5.87. The Kier molecular flexibility index (Phi) is 9.65. The van der Waals surface area contributed by atoms with Gasteiger partial charge in [0.25, 0.3) is 0 Å². The van der Waals surface area contributed by atoms with Crippen LogP contribution in [-0.2, 0) is 13.0 Å². The van der Waals surface area contributed by atoms with E-state index in [-0.39, 0.29) is 12.1 Å². The summed E-state index contributed by atoms with van der Waals surface area (Å²) in [5, 5.41) is 18.2. The Bertz CT molecular complexity index is 1390. The number of carbonyl (C=O) groups is 1. The highest BCUT2D eigenvalue weighted by Gasteiger charge is 2.25. The maximum absolute atomic E-state index is 11.5. The number of aryl methyl sites for hydroxylation is 1. The van der Waals surface area contributed by atoms with Crippen LogP contribution in [0.5, 0.6) is 0 Å². The van der Waals surface area contributed by atoms with Gasteiger partial charge in [-0.2, -0.15) is 5.10 Å². The molecule has 2 N–H and O–H groups in total. The number of carboxylic acid groups (broad SMARTS) is 1. The van der Waals surface area contributed by atoms with Gasteiger partial charge in [-0.15, -0.1) is 0 Å². The van der Waals surface area contributed by atoms with Crippen molar-refractivity contribution in [2.24, 2.45) is 0 Å². The van der Waals surface area contributed by atoms with Crippen LogP contribution in [-0.4, -0.2) is 45.4 Å². The number of hydrogen-bond acceptors (Lipinski definition) is 4. The molecule has 0 amide bonds. The molecule has 3 aromatic carbocycles. The van der Waals surface area contributed by atoms with Crippen molar-refractivity contribution in [2.45, 2.75) is 64.1 Å². The van der Waals surface area contributed by atoms with Crippen molar-refractivity contribution >= 4 is 5.97 Å². The van der Waals surface area contributed by atoms with Gasteiger partial charge in [0, 0.05) is 36.7 Å². The smallest absolute Gasteiger partial charge is 0.335 e. The van der Waals surface area contributed by atoms with E-state index in [9.17, 15) is 9.90 Å². The summed E-state index contributed by atoms with van der Waals surface area (Å²) in [5.74, 6) is -0.343. The third-order valence-electron chi connectivity index (χ3n) is 8.42. The summed E-state index contributed by atoms with van der Waals surface area (Å²) >= 11 is 0. The van der Waals surface area contributed by atoms with Gasteiger partial charge in [-0.05, 0) is 87.6 Å². The van der Waals surface area contributed by atoms with Gasteiger partial charge in [0.1, 0.15) is 0 Å². The Hall–Kier alpha value is -3.74. The first-order valence-corrected chi connectivity index (χ1v) is 15.0. The number of carboxylic acids is 1. The lowest BCUT2D eigenvalue weighted by Gasteiger charge is -2.33. The highest BCUT2D eigenvalue weighted by atomic mass is 16.4. The second-order valence-electron chi connectivity index (χ2n) is 11.2.